The number of benzene rings is 2. The lowest BCUT2D eigenvalue weighted by molar-refractivity contribution is 0.0652. The van der Waals surface area contributed by atoms with Gasteiger partial charge in [0.1, 0.15) is 0 Å². The van der Waals surface area contributed by atoms with E-state index in [0.717, 1.165) is 17.7 Å². The molecule has 0 spiro atoms. The second kappa shape index (κ2) is 9.61. The van der Waals surface area contributed by atoms with Gasteiger partial charge >= 0.3 is 0 Å². The van der Waals surface area contributed by atoms with Crippen molar-refractivity contribution in [2.45, 2.75) is 38.6 Å². The molecule has 1 heterocycles. The summed E-state index contributed by atoms with van der Waals surface area (Å²) in [7, 11) is -3.62. The molecule has 0 aromatic heterocycles. The van der Waals surface area contributed by atoms with Gasteiger partial charge in [-0.2, -0.15) is 0 Å². The molecule has 2 aliphatic rings. The molecule has 1 saturated carbocycles. The first-order chi connectivity index (χ1) is 15.7. The lowest BCUT2D eigenvalue weighted by Gasteiger charge is -2.17. The highest BCUT2D eigenvalue weighted by Gasteiger charge is 2.34. The van der Waals surface area contributed by atoms with E-state index in [4.69, 9.17) is 4.74 Å². The summed E-state index contributed by atoms with van der Waals surface area (Å²) in [6.45, 7) is 2.32. The number of fused-ring (bicyclic) bond motifs is 1. The fourth-order valence-corrected chi connectivity index (χ4v) is 5.17. The maximum atomic E-state index is 14.0. The molecule has 2 amide bonds. The number of sulfonamides is 1. The van der Waals surface area contributed by atoms with Gasteiger partial charge in [-0.05, 0) is 68.4 Å². The van der Waals surface area contributed by atoms with Crippen LogP contribution in [0.25, 0.3) is 0 Å². The van der Waals surface area contributed by atoms with Crippen LogP contribution in [0.5, 0.6) is 5.75 Å². The average Bonchev–Trinajstić information content (AvgIpc) is 3.58. The van der Waals surface area contributed by atoms with Crippen LogP contribution in [-0.2, 0) is 10.0 Å². The molecule has 1 aliphatic carbocycles. The van der Waals surface area contributed by atoms with Gasteiger partial charge in [0.15, 0.2) is 11.6 Å². The number of nitrogens with zero attached hydrogens (tertiary/aromatic N) is 1. The lowest BCUT2D eigenvalue weighted by atomic mass is 10.1. The second-order valence-corrected chi connectivity index (χ2v) is 10.5. The summed E-state index contributed by atoms with van der Waals surface area (Å²) >= 11 is 0. The molecular formula is C24H27FN2O5S. The Morgan fingerprint density at radius 2 is 1.76 bits per heavy atom. The van der Waals surface area contributed by atoms with Crippen molar-refractivity contribution in [3.05, 3.63) is 65.0 Å². The number of hydrogen-bond acceptors (Lipinski definition) is 5. The highest BCUT2D eigenvalue weighted by atomic mass is 32.2. The van der Waals surface area contributed by atoms with Gasteiger partial charge in [0.05, 0.1) is 23.5 Å². The van der Waals surface area contributed by atoms with Crippen molar-refractivity contribution in [2.75, 3.05) is 18.9 Å². The van der Waals surface area contributed by atoms with Crippen molar-refractivity contribution >= 4 is 21.8 Å². The number of nitrogens with one attached hydrogen (secondary N) is 1. The van der Waals surface area contributed by atoms with Crippen LogP contribution in [0.1, 0.15) is 64.9 Å². The summed E-state index contributed by atoms with van der Waals surface area (Å²) in [5.41, 5.74) is 1.37. The van der Waals surface area contributed by atoms with Crippen LogP contribution >= 0.6 is 0 Å². The summed E-state index contributed by atoms with van der Waals surface area (Å²) in [5.74, 6) is -0.701. The molecule has 1 atom stereocenters. The van der Waals surface area contributed by atoms with E-state index in [-0.39, 0.29) is 36.3 Å². The van der Waals surface area contributed by atoms with E-state index in [1.54, 1.807) is 31.2 Å². The Morgan fingerprint density at radius 3 is 2.39 bits per heavy atom. The number of carbonyl (C=O) groups excluding carboxylic acids is 2. The molecule has 4 rings (SSSR count). The molecule has 7 nitrogen and oxygen atoms in total. The Morgan fingerprint density at radius 1 is 1.09 bits per heavy atom. The highest BCUT2D eigenvalue weighted by molar-refractivity contribution is 7.89. The van der Waals surface area contributed by atoms with E-state index in [9.17, 15) is 22.4 Å². The Labute approximate surface area is 193 Å². The first-order valence-electron chi connectivity index (χ1n) is 11.1. The molecular weight excluding hydrogens is 447 g/mol. The summed E-state index contributed by atoms with van der Waals surface area (Å²) in [6.07, 6.45) is 2.83. The number of rotatable bonds is 11. The van der Waals surface area contributed by atoms with Gasteiger partial charge < -0.3 is 4.74 Å². The third-order valence-electron chi connectivity index (χ3n) is 5.91. The topological polar surface area (TPSA) is 92.8 Å². The van der Waals surface area contributed by atoms with Crippen LogP contribution in [-0.4, -0.2) is 44.0 Å². The third kappa shape index (κ3) is 5.59. The zero-order valence-electron chi connectivity index (χ0n) is 18.4. The molecule has 33 heavy (non-hydrogen) atoms. The third-order valence-corrected chi connectivity index (χ3v) is 7.44. The van der Waals surface area contributed by atoms with Gasteiger partial charge in [0, 0.05) is 12.6 Å². The quantitative estimate of drug-likeness (QED) is 0.396. The first kappa shape index (κ1) is 23.4. The summed E-state index contributed by atoms with van der Waals surface area (Å²) < 4.78 is 47.2. The van der Waals surface area contributed by atoms with E-state index in [1.165, 1.54) is 18.2 Å². The minimum Gasteiger partial charge on any atom is -0.490 e. The van der Waals surface area contributed by atoms with Gasteiger partial charge in [0.25, 0.3) is 11.8 Å². The lowest BCUT2D eigenvalue weighted by Crippen LogP contribution is -2.32. The van der Waals surface area contributed by atoms with Crippen LogP contribution in [0.2, 0.25) is 0 Å². The molecule has 1 unspecified atom stereocenters. The molecule has 1 aliphatic heterocycles. The monoisotopic (exact) mass is 474 g/mol. The van der Waals surface area contributed by atoms with E-state index < -0.39 is 21.9 Å². The molecule has 0 bridgehead atoms. The summed E-state index contributed by atoms with van der Waals surface area (Å²) in [5, 5.41) is 0. The predicted molar refractivity (Wildman–Crippen MR) is 121 cm³/mol. The normalized spacial score (nSPS) is 16.7. The standard InChI is InChI=1S/C24H27FN2O5S/c1-16(18-10-11-21(25)22(14-18)32-15-17-8-9-17)26-33(30,31)13-5-4-12-27-23(28)19-6-2-3-7-20(19)24(27)29/h2-3,6-7,10-11,14,16-17,26H,4-5,8-9,12-13,15H2,1H3. The van der Waals surface area contributed by atoms with Crippen molar-refractivity contribution < 1.29 is 27.1 Å². The molecule has 176 valence electrons. The number of hydrogen-bond donors (Lipinski definition) is 1. The van der Waals surface area contributed by atoms with E-state index >= 15 is 0 Å². The Hall–Kier alpha value is -2.78. The fourth-order valence-electron chi connectivity index (χ4n) is 3.79. The van der Waals surface area contributed by atoms with Gasteiger partial charge in [-0.1, -0.05) is 18.2 Å². The maximum absolute atomic E-state index is 14.0. The first-order valence-corrected chi connectivity index (χ1v) is 12.8. The Kier molecular flexibility index (Phi) is 6.81. The number of carbonyl (C=O) groups is 2. The van der Waals surface area contributed by atoms with Crippen LogP contribution in [0.4, 0.5) is 4.39 Å². The number of amides is 2. The molecule has 0 radical (unpaired) electrons. The van der Waals surface area contributed by atoms with Crippen LogP contribution in [0, 0.1) is 11.7 Å². The highest BCUT2D eigenvalue weighted by Crippen LogP contribution is 2.31. The number of imide groups is 1. The largest absolute Gasteiger partial charge is 0.490 e. The van der Waals surface area contributed by atoms with Crippen LogP contribution in [0.15, 0.2) is 42.5 Å². The molecule has 1 N–H and O–H groups in total. The SMILES string of the molecule is CC(NS(=O)(=O)CCCCN1C(=O)c2ccccc2C1=O)c1ccc(F)c(OCC2CC2)c1. The molecule has 0 saturated heterocycles. The van der Waals surface area contributed by atoms with Crippen LogP contribution in [0.3, 0.4) is 0 Å². The van der Waals surface area contributed by atoms with Gasteiger partial charge in [-0.3, -0.25) is 14.5 Å². The van der Waals surface area contributed by atoms with Crippen molar-refractivity contribution in [1.82, 2.24) is 9.62 Å². The van der Waals surface area contributed by atoms with Crippen molar-refractivity contribution in [3.63, 3.8) is 0 Å². The molecule has 1 fully saturated rings. The zero-order valence-corrected chi connectivity index (χ0v) is 19.2. The van der Waals surface area contributed by atoms with E-state index in [1.807, 2.05) is 0 Å². The van der Waals surface area contributed by atoms with Crippen molar-refractivity contribution in [1.29, 1.82) is 0 Å². The molecule has 2 aromatic rings. The summed E-state index contributed by atoms with van der Waals surface area (Å²) in [6, 6.07) is 10.4. The van der Waals surface area contributed by atoms with E-state index in [2.05, 4.69) is 4.72 Å². The maximum Gasteiger partial charge on any atom is 0.261 e. The number of halogens is 1. The molecule has 9 heteroatoms. The predicted octanol–water partition coefficient (Wildman–Crippen LogP) is 3.67. The molecule has 2 aromatic carbocycles. The Balaban J connectivity index is 1.27. The van der Waals surface area contributed by atoms with Gasteiger partial charge in [0.2, 0.25) is 10.0 Å². The average molecular weight is 475 g/mol. The fraction of sp³-hybridized carbons (Fsp3) is 0.417. The second-order valence-electron chi connectivity index (χ2n) is 8.62. The Bertz CT molecular complexity index is 1130. The minimum atomic E-state index is -3.62. The van der Waals surface area contributed by atoms with Gasteiger partial charge in [-0.25, -0.2) is 17.5 Å². The summed E-state index contributed by atoms with van der Waals surface area (Å²) in [4.78, 5) is 25.9. The van der Waals surface area contributed by atoms with Crippen LogP contribution < -0.4 is 9.46 Å². The minimum absolute atomic E-state index is 0.131. The number of ether oxygens (including phenoxy) is 1. The smallest absolute Gasteiger partial charge is 0.261 e. The van der Waals surface area contributed by atoms with E-state index in [0.29, 0.717) is 35.6 Å². The van der Waals surface area contributed by atoms with Crippen molar-refractivity contribution in [2.24, 2.45) is 5.92 Å². The van der Waals surface area contributed by atoms with Crippen molar-refractivity contribution in [3.8, 4) is 5.75 Å². The zero-order chi connectivity index (χ0) is 23.6. The number of unbranched alkanes of at least 4 members (excludes halogenated alkanes) is 1. The van der Waals surface area contributed by atoms with Gasteiger partial charge in [-0.15, -0.1) is 0 Å².